The summed E-state index contributed by atoms with van der Waals surface area (Å²) >= 11 is 0. The fourth-order valence-electron chi connectivity index (χ4n) is 4.37. The van der Waals surface area contributed by atoms with E-state index in [1.165, 1.54) is 35.0 Å². The first-order valence-corrected chi connectivity index (χ1v) is 8.48. The Labute approximate surface area is 131 Å². The lowest BCUT2D eigenvalue weighted by molar-refractivity contribution is 0.0878. The number of aromatic nitrogens is 1. The lowest BCUT2D eigenvalue weighted by Gasteiger charge is -2.25. The maximum absolute atomic E-state index is 13.1. The molecule has 2 heterocycles. The van der Waals surface area contributed by atoms with Gasteiger partial charge >= 0.3 is 0 Å². The van der Waals surface area contributed by atoms with Crippen molar-refractivity contribution in [2.45, 2.75) is 38.6 Å². The van der Waals surface area contributed by atoms with Gasteiger partial charge in [-0.2, -0.15) is 0 Å². The van der Waals surface area contributed by atoms with E-state index in [0.717, 1.165) is 37.9 Å². The molecule has 3 nitrogen and oxygen atoms in total. The van der Waals surface area contributed by atoms with Crippen molar-refractivity contribution in [1.82, 2.24) is 9.47 Å². The van der Waals surface area contributed by atoms with Crippen molar-refractivity contribution in [3.8, 4) is 0 Å². The molecule has 1 atom stereocenters. The second-order valence-corrected chi connectivity index (χ2v) is 7.11. The van der Waals surface area contributed by atoms with Crippen LogP contribution < -0.4 is 0 Å². The van der Waals surface area contributed by atoms with Crippen LogP contribution in [0.15, 0.2) is 18.2 Å². The van der Waals surface area contributed by atoms with E-state index in [2.05, 4.69) is 41.8 Å². The topological polar surface area (TPSA) is 25.2 Å². The number of ketones is 1. The molecule has 1 aliphatic carbocycles. The number of hydrogen-bond acceptors (Lipinski definition) is 2. The summed E-state index contributed by atoms with van der Waals surface area (Å²) in [7, 11) is 4.12. The molecule has 1 aromatic heterocycles. The summed E-state index contributed by atoms with van der Waals surface area (Å²) < 4.78 is 2.47. The molecule has 0 radical (unpaired) electrons. The Morgan fingerprint density at radius 3 is 2.91 bits per heavy atom. The van der Waals surface area contributed by atoms with Crippen LogP contribution in [-0.4, -0.2) is 35.9 Å². The average molecular weight is 296 g/mol. The van der Waals surface area contributed by atoms with Gasteiger partial charge in [-0.25, -0.2) is 0 Å². The number of nitrogens with zero attached hydrogens (tertiary/aromatic N) is 2. The summed E-state index contributed by atoms with van der Waals surface area (Å²) in [5.74, 6) is 0.532. The lowest BCUT2D eigenvalue weighted by Crippen LogP contribution is -2.32. The van der Waals surface area contributed by atoms with Crippen molar-refractivity contribution in [1.29, 1.82) is 0 Å². The molecule has 0 saturated heterocycles. The molecule has 2 aromatic rings. The number of fused-ring (bicyclic) bond motifs is 3. The smallest absolute Gasteiger partial charge is 0.169 e. The van der Waals surface area contributed by atoms with Crippen molar-refractivity contribution in [2.24, 2.45) is 5.92 Å². The Bertz CT molecular complexity index is 741. The van der Waals surface area contributed by atoms with Crippen LogP contribution in [0.25, 0.3) is 10.9 Å². The zero-order valence-corrected chi connectivity index (χ0v) is 13.6. The molecule has 0 bridgehead atoms. The maximum atomic E-state index is 13.1. The zero-order valence-electron chi connectivity index (χ0n) is 13.6. The molecule has 0 N–H and O–H groups in total. The molecular formula is C19H24N2O. The van der Waals surface area contributed by atoms with E-state index >= 15 is 0 Å². The Hall–Kier alpha value is -1.61. The normalized spacial score (nSPS) is 21.2. The molecule has 116 valence electrons. The van der Waals surface area contributed by atoms with Gasteiger partial charge < -0.3 is 9.47 Å². The predicted octanol–water partition coefficient (Wildman–Crippen LogP) is 3.28. The Morgan fingerprint density at radius 2 is 2.09 bits per heavy atom. The zero-order chi connectivity index (χ0) is 15.3. The Kier molecular flexibility index (Phi) is 3.33. The number of Topliss-reactive ketones (excluding diaryl/α,β-unsaturated/α-hetero) is 1. The van der Waals surface area contributed by atoms with Crippen molar-refractivity contribution < 1.29 is 4.79 Å². The number of para-hydroxylation sites is 1. The van der Waals surface area contributed by atoms with Gasteiger partial charge in [0.15, 0.2) is 5.78 Å². The van der Waals surface area contributed by atoms with Gasteiger partial charge in [0.2, 0.25) is 0 Å². The second kappa shape index (κ2) is 5.24. The number of benzene rings is 1. The van der Waals surface area contributed by atoms with E-state index in [9.17, 15) is 4.79 Å². The van der Waals surface area contributed by atoms with Crippen LogP contribution in [0.1, 0.15) is 40.9 Å². The molecule has 1 unspecified atom stereocenters. The standard InChI is InChI=1S/C19H24N2O/c1-20(2)12-14-9-10-16-17(19(14)22)15-8-5-7-13-6-3-4-11-21(16)18(13)15/h5,7-8,14H,3-4,6,9-12H2,1-2H3. The SMILES string of the molecule is CN(C)CC1CCc2c(c3cccc4c3n2CCCC4)C1=O. The minimum Gasteiger partial charge on any atom is -0.344 e. The monoisotopic (exact) mass is 296 g/mol. The van der Waals surface area contributed by atoms with Crippen LogP contribution >= 0.6 is 0 Å². The van der Waals surface area contributed by atoms with Gasteiger partial charge in [-0.1, -0.05) is 18.2 Å². The number of rotatable bonds is 2. The van der Waals surface area contributed by atoms with E-state index in [0.29, 0.717) is 5.78 Å². The number of hydrogen-bond donors (Lipinski definition) is 0. The summed E-state index contributed by atoms with van der Waals surface area (Å²) in [6, 6.07) is 6.54. The molecule has 0 amide bonds. The third-order valence-electron chi connectivity index (χ3n) is 5.28. The molecular weight excluding hydrogens is 272 g/mol. The third kappa shape index (κ3) is 2.03. The Morgan fingerprint density at radius 1 is 1.23 bits per heavy atom. The average Bonchev–Trinajstić information content (AvgIpc) is 2.65. The number of carbonyl (C=O) groups is 1. The van der Waals surface area contributed by atoms with E-state index in [4.69, 9.17) is 0 Å². The third-order valence-corrected chi connectivity index (χ3v) is 5.28. The van der Waals surface area contributed by atoms with Crippen LogP contribution in [0.4, 0.5) is 0 Å². The van der Waals surface area contributed by atoms with Crippen LogP contribution in [0.2, 0.25) is 0 Å². The van der Waals surface area contributed by atoms with E-state index in [1.807, 2.05) is 0 Å². The van der Waals surface area contributed by atoms with Crippen molar-refractivity contribution in [3.63, 3.8) is 0 Å². The first kappa shape index (κ1) is 14.0. The highest BCUT2D eigenvalue weighted by Crippen LogP contribution is 2.37. The van der Waals surface area contributed by atoms with E-state index < -0.39 is 0 Å². The van der Waals surface area contributed by atoms with Gasteiger partial charge in [0, 0.05) is 35.7 Å². The molecule has 4 rings (SSSR count). The van der Waals surface area contributed by atoms with E-state index in [-0.39, 0.29) is 5.92 Å². The highest BCUT2D eigenvalue weighted by molar-refractivity contribution is 6.12. The predicted molar refractivity (Wildman–Crippen MR) is 89.6 cm³/mol. The van der Waals surface area contributed by atoms with Gasteiger partial charge in [0.05, 0.1) is 5.52 Å². The van der Waals surface area contributed by atoms with Crippen LogP contribution in [0, 0.1) is 5.92 Å². The minimum absolute atomic E-state index is 0.160. The number of aryl methyl sites for hydroxylation is 2. The van der Waals surface area contributed by atoms with Crippen LogP contribution in [0.3, 0.4) is 0 Å². The largest absolute Gasteiger partial charge is 0.344 e. The Balaban J connectivity index is 1.91. The minimum atomic E-state index is 0.160. The molecule has 22 heavy (non-hydrogen) atoms. The van der Waals surface area contributed by atoms with Gasteiger partial charge in [-0.15, -0.1) is 0 Å². The lowest BCUT2D eigenvalue weighted by atomic mass is 9.84. The quantitative estimate of drug-likeness (QED) is 0.849. The number of carbonyl (C=O) groups excluding carboxylic acids is 1. The van der Waals surface area contributed by atoms with E-state index in [1.54, 1.807) is 0 Å². The summed E-state index contributed by atoms with van der Waals surface area (Å²) in [5, 5.41) is 1.21. The van der Waals surface area contributed by atoms with Crippen LogP contribution in [-0.2, 0) is 19.4 Å². The van der Waals surface area contributed by atoms with Gasteiger partial charge in [-0.3, -0.25) is 4.79 Å². The highest BCUT2D eigenvalue weighted by atomic mass is 16.1. The fraction of sp³-hybridized carbons (Fsp3) is 0.526. The van der Waals surface area contributed by atoms with Crippen molar-refractivity contribution in [3.05, 3.63) is 35.0 Å². The summed E-state index contributed by atoms with van der Waals surface area (Å²) in [6.07, 6.45) is 5.67. The van der Waals surface area contributed by atoms with Gasteiger partial charge in [-0.05, 0) is 51.8 Å². The summed E-state index contributed by atoms with van der Waals surface area (Å²) in [5.41, 5.74) is 5.13. The van der Waals surface area contributed by atoms with Gasteiger partial charge in [0.1, 0.15) is 0 Å². The van der Waals surface area contributed by atoms with Gasteiger partial charge in [0.25, 0.3) is 0 Å². The van der Waals surface area contributed by atoms with Crippen LogP contribution in [0.5, 0.6) is 0 Å². The second-order valence-electron chi connectivity index (χ2n) is 7.11. The summed E-state index contributed by atoms with van der Waals surface area (Å²) in [6.45, 7) is 1.94. The fourth-order valence-corrected chi connectivity index (χ4v) is 4.37. The first-order valence-electron chi connectivity index (χ1n) is 8.48. The van der Waals surface area contributed by atoms with Crippen molar-refractivity contribution in [2.75, 3.05) is 20.6 Å². The maximum Gasteiger partial charge on any atom is 0.169 e. The molecule has 0 fully saturated rings. The molecule has 0 spiro atoms. The first-order chi connectivity index (χ1) is 10.7. The molecule has 3 heteroatoms. The molecule has 1 aliphatic heterocycles. The highest BCUT2D eigenvalue weighted by Gasteiger charge is 2.33. The summed E-state index contributed by atoms with van der Waals surface area (Å²) in [4.78, 5) is 15.2. The molecule has 1 aromatic carbocycles. The van der Waals surface area contributed by atoms with Crippen molar-refractivity contribution >= 4 is 16.7 Å². The molecule has 2 aliphatic rings. The molecule has 0 saturated carbocycles.